The van der Waals surface area contributed by atoms with Gasteiger partial charge in [0.25, 0.3) is 0 Å². The maximum Gasteiger partial charge on any atom is 0.237 e. The minimum Gasteiger partial charge on any atom is -0.437 e. The van der Waals surface area contributed by atoms with Crippen LogP contribution in [0.15, 0.2) is 61.1 Å². The molecule has 0 bridgehead atoms. The van der Waals surface area contributed by atoms with Crippen molar-refractivity contribution in [2.24, 2.45) is 0 Å². The van der Waals surface area contributed by atoms with Gasteiger partial charge in [-0.1, -0.05) is 12.1 Å². The summed E-state index contributed by atoms with van der Waals surface area (Å²) in [6.07, 6.45) is 8.38. The summed E-state index contributed by atoms with van der Waals surface area (Å²) < 4.78 is 8.26. The maximum atomic E-state index is 6.61. The van der Waals surface area contributed by atoms with Crippen molar-refractivity contribution < 1.29 is 4.74 Å². The Morgan fingerprint density at radius 2 is 1.82 bits per heavy atom. The van der Waals surface area contributed by atoms with Gasteiger partial charge in [-0.25, -0.2) is 4.98 Å². The average molecular weight is 371 g/mol. The summed E-state index contributed by atoms with van der Waals surface area (Å²) in [5.41, 5.74) is 17.2. The number of hydrogen-bond acceptors (Lipinski definition) is 5. The summed E-state index contributed by atoms with van der Waals surface area (Å²) in [5.74, 6) is 1.19. The number of nitrogens with zero attached hydrogens (tertiary/aromatic N) is 3. The molecule has 1 aliphatic rings. The number of nitrogens with two attached hydrogens (primary N) is 2. The summed E-state index contributed by atoms with van der Waals surface area (Å²) in [7, 11) is 0. The van der Waals surface area contributed by atoms with E-state index in [-0.39, 0.29) is 0 Å². The molecule has 0 radical (unpaired) electrons. The molecule has 0 unspecified atom stereocenters. The molecule has 140 valence electrons. The highest BCUT2D eigenvalue weighted by Crippen LogP contribution is 2.45. The molecule has 0 aliphatic heterocycles. The van der Waals surface area contributed by atoms with Crippen LogP contribution in [-0.2, 0) is 0 Å². The lowest BCUT2D eigenvalue weighted by Crippen LogP contribution is -2.17. The third-order valence-corrected chi connectivity index (χ3v) is 5.40. The monoisotopic (exact) mass is 371 g/mol. The van der Waals surface area contributed by atoms with Crippen molar-refractivity contribution in [2.45, 2.75) is 25.3 Å². The van der Waals surface area contributed by atoms with E-state index in [0.29, 0.717) is 11.9 Å². The molecule has 2 aromatic heterocycles. The molecule has 5 rings (SSSR count). The predicted molar refractivity (Wildman–Crippen MR) is 111 cm³/mol. The molecule has 2 heterocycles. The maximum absolute atomic E-state index is 6.61. The van der Waals surface area contributed by atoms with Crippen LogP contribution in [0.4, 0.5) is 11.4 Å². The summed E-state index contributed by atoms with van der Waals surface area (Å²) in [6.45, 7) is 0. The van der Waals surface area contributed by atoms with Gasteiger partial charge in [-0.15, -0.1) is 0 Å². The Morgan fingerprint density at radius 3 is 2.50 bits per heavy atom. The van der Waals surface area contributed by atoms with Gasteiger partial charge in [0, 0.05) is 41.1 Å². The van der Waals surface area contributed by atoms with Gasteiger partial charge in [0.05, 0.1) is 23.1 Å². The SMILES string of the molecule is Nc1ccc(-c2c(N)c3ccc(Oc4cnccn4)cc3n2C2CCC2)cc1. The fraction of sp³-hybridized carbons (Fsp3) is 0.182. The van der Waals surface area contributed by atoms with E-state index in [0.717, 1.165) is 52.1 Å². The Hall–Kier alpha value is -3.54. The minimum atomic E-state index is 0.444. The molecule has 4 aromatic rings. The number of anilines is 2. The van der Waals surface area contributed by atoms with E-state index < -0.39 is 0 Å². The van der Waals surface area contributed by atoms with Crippen molar-refractivity contribution in [3.8, 4) is 22.9 Å². The second-order valence-electron chi connectivity index (χ2n) is 7.16. The molecular formula is C22H21N5O. The molecule has 28 heavy (non-hydrogen) atoms. The fourth-order valence-electron chi connectivity index (χ4n) is 3.80. The van der Waals surface area contributed by atoms with Crippen LogP contribution in [0, 0.1) is 0 Å². The van der Waals surface area contributed by atoms with Crippen LogP contribution >= 0.6 is 0 Å². The quantitative estimate of drug-likeness (QED) is 0.504. The zero-order chi connectivity index (χ0) is 19.1. The average Bonchev–Trinajstić information content (AvgIpc) is 2.94. The Balaban J connectivity index is 1.67. The Morgan fingerprint density at radius 1 is 1.00 bits per heavy atom. The minimum absolute atomic E-state index is 0.444. The van der Waals surface area contributed by atoms with Gasteiger partial charge >= 0.3 is 0 Å². The number of hydrogen-bond donors (Lipinski definition) is 2. The molecule has 1 fully saturated rings. The molecule has 0 amide bonds. The summed E-state index contributed by atoms with van der Waals surface area (Å²) in [4.78, 5) is 8.24. The fourth-order valence-corrected chi connectivity index (χ4v) is 3.80. The largest absolute Gasteiger partial charge is 0.437 e. The van der Waals surface area contributed by atoms with Gasteiger partial charge in [0.15, 0.2) is 0 Å². The molecule has 6 nitrogen and oxygen atoms in total. The van der Waals surface area contributed by atoms with Crippen molar-refractivity contribution in [3.63, 3.8) is 0 Å². The van der Waals surface area contributed by atoms with E-state index in [1.165, 1.54) is 6.42 Å². The van der Waals surface area contributed by atoms with Crippen molar-refractivity contribution in [1.82, 2.24) is 14.5 Å². The first kappa shape index (κ1) is 16.6. The van der Waals surface area contributed by atoms with Crippen LogP contribution in [0.3, 0.4) is 0 Å². The van der Waals surface area contributed by atoms with Crippen molar-refractivity contribution in [1.29, 1.82) is 0 Å². The summed E-state index contributed by atoms with van der Waals surface area (Å²) in [5, 5.41) is 1.03. The smallest absolute Gasteiger partial charge is 0.237 e. The predicted octanol–water partition coefficient (Wildman–Crippen LogP) is 4.78. The highest BCUT2D eigenvalue weighted by molar-refractivity contribution is 6.01. The van der Waals surface area contributed by atoms with Gasteiger partial charge in [0.2, 0.25) is 5.88 Å². The van der Waals surface area contributed by atoms with E-state index in [4.69, 9.17) is 16.2 Å². The number of fused-ring (bicyclic) bond motifs is 1. The standard InChI is InChI=1S/C22H21N5O/c23-15-6-4-14(5-7-15)22-21(24)18-9-8-17(28-20-13-25-10-11-26-20)12-19(18)27(22)16-2-1-3-16/h4-13,16H,1-3,23-24H2. The van der Waals surface area contributed by atoms with Gasteiger partial charge in [-0.2, -0.15) is 0 Å². The molecule has 0 spiro atoms. The second-order valence-corrected chi connectivity index (χ2v) is 7.16. The van der Waals surface area contributed by atoms with Crippen LogP contribution in [-0.4, -0.2) is 14.5 Å². The van der Waals surface area contributed by atoms with Crippen molar-refractivity contribution in [3.05, 3.63) is 61.1 Å². The van der Waals surface area contributed by atoms with Crippen molar-refractivity contribution >= 4 is 22.3 Å². The number of benzene rings is 2. The van der Waals surface area contributed by atoms with Crippen LogP contribution in [0.2, 0.25) is 0 Å². The van der Waals surface area contributed by atoms with E-state index in [2.05, 4.69) is 14.5 Å². The third-order valence-electron chi connectivity index (χ3n) is 5.40. The zero-order valence-electron chi connectivity index (χ0n) is 15.4. The number of rotatable bonds is 4. The summed E-state index contributed by atoms with van der Waals surface area (Å²) >= 11 is 0. The van der Waals surface area contributed by atoms with Gasteiger partial charge < -0.3 is 20.8 Å². The first-order valence-corrected chi connectivity index (χ1v) is 9.44. The molecule has 2 aromatic carbocycles. The first-order chi connectivity index (χ1) is 13.7. The van der Waals surface area contributed by atoms with E-state index in [9.17, 15) is 0 Å². The molecule has 1 aliphatic carbocycles. The van der Waals surface area contributed by atoms with E-state index >= 15 is 0 Å². The van der Waals surface area contributed by atoms with Gasteiger partial charge in [-0.05, 0) is 43.5 Å². The lowest BCUT2D eigenvalue weighted by Gasteiger charge is -2.30. The van der Waals surface area contributed by atoms with Crippen LogP contribution < -0.4 is 16.2 Å². The zero-order valence-corrected chi connectivity index (χ0v) is 15.4. The number of ether oxygens (including phenoxy) is 1. The third kappa shape index (κ3) is 2.74. The molecule has 0 atom stereocenters. The van der Waals surface area contributed by atoms with Gasteiger partial charge in [0.1, 0.15) is 5.75 Å². The summed E-state index contributed by atoms with van der Waals surface area (Å²) in [6, 6.07) is 14.3. The second kappa shape index (κ2) is 6.56. The highest BCUT2D eigenvalue weighted by atomic mass is 16.5. The molecule has 1 saturated carbocycles. The van der Waals surface area contributed by atoms with Crippen molar-refractivity contribution in [2.75, 3.05) is 11.5 Å². The molecular weight excluding hydrogens is 350 g/mol. The van der Waals surface area contributed by atoms with Crippen LogP contribution in [0.5, 0.6) is 11.6 Å². The topological polar surface area (TPSA) is 92.0 Å². The van der Waals surface area contributed by atoms with Crippen LogP contribution in [0.1, 0.15) is 25.3 Å². The van der Waals surface area contributed by atoms with Crippen LogP contribution in [0.25, 0.3) is 22.2 Å². The van der Waals surface area contributed by atoms with E-state index in [1.807, 2.05) is 42.5 Å². The van der Waals surface area contributed by atoms with E-state index in [1.54, 1.807) is 18.6 Å². The Labute approximate surface area is 162 Å². The Kier molecular flexibility index (Phi) is 3.90. The highest BCUT2D eigenvalue weighted by Gasteiger charge is 2.27. The lowest BCUT2D eigenvalue weighted by atomic mass is 9.92. The van der Waals surface area contributed by atoms with Gasteiger partial charge in [-0.3, -0.25) is 4.98 Å². The lowest BCUT2D eigenvalue weighted by molar-refractivity contribution is 0.324. The number of nitrogen functional groups attached to an aromatic ring is 2. The normalized spacial score (nSPS) is 14.1. The molecule has 4 N–H and O–H groups in total. The first-order valence-electron chi connectivity index (χ1n) is 9.44. The number of aromatic nitrogens is 3. The Bertz CT molecular complexity index is 1130. The molecule has 0 saturated heterocycles. The molecule has 6 heteroatoms.